The largest absolute Gasteiger partial charge is 0.309 e. The minimum absolute atomic E-state index is 1.15. The van der Waals surface area contributed by atoms with E-state index in [4.69, 9.17) is 0 Å². The standard InChI is InChI=1S/C46H29N3/c1-4-16-30(17-5-1)47-37-25-13-11-23-34(37)42-40(47)29-28-36-41-33-22-10-14-26-38(33)48(31-18-6-2-7-19-31)45(41)46-44(43(36)42)35-24-12-15-27-39(35)49(46)32-20-8-3-9-21-32/h1-29H. The van der Waals surface area contributed by atoms with E-state index in [1.807, 2.05) is 0 Å². The zero-order valence-corrected chi connectivity index (χ0v) is 26.6. The van der Waals surface area contributed by atoms with Gasteiger partial charge in [-0.3, -0.25) is 0 Å². The van der Waals surface area contributed by atoms with Crippen LogP contribution in [0.4, 0.5) is 0 Å². The highest BCUT2D eigenvalue weighted by Crippen LogP contribution is 2.50. The second-order valence-corrected chi connectivity index (χ2v) is 12.9. The normalized spacial score (nSPS) is 12.1. The SMILES string of the molecule is c1ccc(-n2c3ccccc3c3c4c(ccc32)c2c3ccccc3n(-c3ccccc3)c2c2c4c3ccccc3n2-c2ccccc2)cc1. The van der Waals surface area contributed by atoms with E-state index in [2.05, 4.69) is 190 Å². The molecule has 0 saturated heterocycles. The van der Waals surface area contributed by atoms with Crippen LogP contribution in [0.25, 0.3) is 93.3 Å². The Hall–Kier alpha value is -6.58. The monoisotopic (exact) mass is 623 g/mol. The van der Waals surface area contributed by atoms with E-state index in [0.29, 0.717) is 0 Å². The highest BCUT2D eigenvalue weighted by Gasteiger charge is 2.27. The average Bonchev–Trinajstić information content (AvgIpc) is 3.82. The van der Waals surface area contributed by atoms with Crippen molar-refractivity contribution in [3.63, 3.8) is 0 Å². The molecule has 3 heterocycles. The summed E-state index contributed by atoms with van der Waals surface area (Å²) in [4.78, 5) is 0. The zero-order chi connectivity index (χ0) is 32.1. The average molecular weight is 624 g/mol. The van der Waals surface area contributed by atoms with Gasteiger partial charge in [0.2, 0.25) is 0 Å². The van der Waals surface area contributed by atoms with Gasteiger partial charge in [-0.2, -0.15) is 0 Å². The lowest BCUT2D eigenvalue weighted by atomic mass is 9.95. The van der Waals surface area contributed by atoms with E-state index in [1.165, 1.54) is 76.2 Å². The summed E-state index contributed by atoms with van der Waals surface area (Å²) >= 11 is 0. The molecule has 0 amide bonds. The quantitative estimate of drug-likeness (QED) is 0.186. The third kappa shape index (κ3) is 3.51. The van der Waals surface area contributed by atoms with Crippen LogP contribution in [-0.4, -0.2) is 13.7 Å². The lowest BCUT2D eigenvalue weighted by Gasteiger charge is -2.14. The minimum atomic E-state index is 1.15. The lowest BCUT2D eigenvalue weighted by Crippen LogP contribution is -1.99. The molecule has 0 radical (unpaired) electrons. The minimum Gasteiger partial charge on any atom is -0.309 e. The Bertz CT molecular complexity index is 3070. The van der Waals surface area contributed by atoms with Gasteiger partial charge in [0.15, 0.2) is 0 Å². The van der Waals surface area contributed by atoms with Gasteiger partial charge >= 0.3 is 0 Å². The summed E-state index contributed by atoms with van der Waals surface area (Å²) in [6.07, 6.45) is 0. The van der Waals surface area contributed by atoms with E-state index in [0.717, 1.165) is 17.1 Å². The third-order valence-electron chi connectivity index (χ3n) is 10.4. The van der Waals surface area contributed by atoms with Crippen LogP contribution in [0.5, 0.6) is 0 Å². The predicted octanol–water partition coefficient (Wildman–Crippen LogP) is 12.1. The molecule has 0 spiro atoms. The van der Waals surface area contributed by atoms with Gasteiger partial charge in [0.25, 0.3) is 0 Å². The Balaban J connectivity index is 1.51. The highest BCUT2D eigenvalue weighted by molar-refractivity contribution is 6.42. The maximum Gasteiger partial charge on any atom is 0.0795 e. The van der Waals surface area contributed by atoms with Crippen molar-refractivity contribution in [2.45, 2.75) is 0 Å². The first-order valence-corrected chi connectivity index (χ1v) is 16.9. The van der Waals surface area contributed by atoms with Crippen LogP contribution in [0.1, 0.15) is 0 Å². The van der Waals surface area contributed by atoms with Gasteiger partial charge in [-0.1, -0.05) is 115 Å². The Morgan fingerprint density at radius 1 is 0.224 bits per heavy atom. The molecule has 3 heteroatoms. The molecule has 11 rings (SSSR count). The summed E-state index contributed by atoms with van der Waals surface area (Å²) in [6, 6.07) is 64.0. The molecule has 0 N–H and O–H groups in total. The first kappa shape index (κ1) is 26.5. The molecule has 11 aromatic rings. The van der Waals surface area contributed by atoms with Crippen molar-refractivity contribution in [1.82, 2.24) is 13.7 Å². The molecule has 0 aliphatic heterocycles. The first-order valence-electron chi connectivity index (χ1n) is 16.9. The molecule has 0 bridgehead atoms. The number of rotatable bonds is 3. The molecule has 49 heavy (non-hydrogen) atoms. The lowest BCUT2D eigenvalue weighted by molar-refractivity contribution is 1.15. The first-order chi connectivity index (χ1) is 24.4. The van der Waals surface area contributed by atoms with Crippen LogP contribution >= 0.6 is 0 Å². The van der Waals surface area contributed by atoms with Gasteiger partial charge < -0.3 is 13.7 Å². The highest BCUT2D eigenvalue weighted by atomic mass is 15.0. The van der Waals surface area contributed by atoms with Crippen LogP contribution in [0.3, 0.4) is 0 Å². The topological polar surface area (TPSA) is 14.8 Å². The van der Waals surface area contributed by atoms with E-state index < -0.39 is 0 Å². The molecule has 0 saturated carbocycles. The summed E-state index contributed by atoms with van der Waals surface area (Å²) in [5.74, 6) is 0. The van der Waals surface area contributed by atoms with Gasteiger partial charge in [0.1, 0.15) is 0 Å². The molecule has 3 nitrogen and oxygen atoms in total. The van der Waals surface area contributed by atoms with Crippen molar-refractivity contribution < 1.29 is 0 Å². The fraction of sp³-hybridized carbons (Fsp3) is 0. The smallest absolute Gasteiger partial charge is 0.0795 e. The zero-order valence-electron chi connectivity index (χ0n) is 26.6. The molecule has 3 aromatic heterocycles. The summed E-state index contributed by atoms with van der Waals surface area (Å²) in [7, 11) is 0. The fourth-order valence-electron chi connectivity index (χ4n) is 8.53. The molecule has 0 unspecified atom stereocenters. The van der Waals surface area contributed by atoms with Crippen molar-refractivity contribution in [3.8, 4) is 17.1 Å². The fourth-order valence-corrected chi connectivity index (χ4v) is 8.53. The van der Waals surface area contributed by atoms with Gasteiger partial charge in [0.05, 0.1) is 33.1 Å². The van der Waals surface area contributed by atoms with E-state index in [1.54, 1.807) is 0 Å². The second kappa shape index (κ2) is 9.96. The van der Waals surface area contributed by atoms with Crippen LogP contribution in [0.15, 0.2) is 176 Å². The van der Waals surface area contributed by atoms with E-state index >= 15 is 0 Å². The van der Waals surface area contributed by atoms with Gasteiger partial charge in [-0.15, -0.1) is 0 Å². The van der Waals surface area contributed by atoms with Crippen LogP contribution in [0, 0.1) is 0 Å². The molecule has 8 aromatic carbocycles. The number of hydrogen-bond acceptors (Lipinski definition) is 0. The predicted molar refractivity (Wildman–Crippen MR) is 207 cm³/mol. The Kier molecular flexibility index (Phi) is 5.38. The van der Waals surface area contributed by atoms with Gasteiger partial charge in [0, 0.05) is 54.8 Å². The summed E-state index contributed by atoms with van der Waals surface area (Å²) in [5.41, 5.74) is 10.7. The molecular weight excluding hydrogens is 595 g/mol. The van der Waals surface area contributed by atoms with E-state index in [9.17, 15) is 0 Å². The number of para-hydroxylation sites is 6. The Labute approximate surface area is 282 Å². The third-order valence-corrected chi connectivity index (χ3v) is 10.4. The number of nitrogens with zero attached hydrogens (tertiary/aromatic N) is 3. The number of fused-ring (bicyclic) bond motifs is 14. The van der Waals surface area contributed by atoms with E-state index in [-0.39, 0.29) is 0 Å². The van der Waals surface area contributed by atoms with Crippen molar-refractivity contribution in [1.29, 1.82) is 0 Å². The molecular formula is C46H29N3. The second-order valence-electron chi connectivity index (χ2n) is 12.9. The maximum atomic E-state index is 2.50. The summed E-state index contributed by atoms with van der Waals surface area (Å²) in [5, 5.41) is 10.2. The number of benzene rings is 8. The molecule has 0 atom stereocenters. The van der Waals surface area contributed by atoms with Crippen LogP contribution in [-0.2, 0) is 0 Å². The summed E-state index contributed by atoms with van der Waals surface area (Å²) < 4.78 is 7.42. The van der Waals surface area contributed by atoms with Gasteiger partial charge in [-0.05, 0) is 66.0 Å². The molecule has 0 fully saturated rings. The Morgan fingerprint density at radius 2 is 0.612 bits per heavy atom. The summed E-state index contributed by atoms with van der Waals surface area (Å²) in [6.45, 7) is 0. The number of hydrogen-bond donors (Lipinski definition) is 0. The molecule has 0 aliphatic carbocycles. The van der Waals surface area contributed by atoms with Crippen molar-refractivity contribution >= 4 is 76.2 Å². The van der Waals surface area contributed by atoms with Crippen molar-refractivity contribution in [3.05, 3.63) is 176 Å². The van der Waals surface area contributed by atoms with Crippen molar-refractivity contribution in [2.24, 2.45) is 0 Å². The molecule has 228 valence electrons. The number of aromatic nitrogens is 3. The van der Waals surface area contributed by atoms with Crippen LogP contribution in [0.2, 0.25) is 0 Å². The molecule has 0 aliphatic rings. The van der Waals surface area contributed by atoms with Gasteiger partial charge in [-0.25, -0.2) is 0 Å². The van der Waals surface area contributed by atoms with Crippen molar-refractivity contribution in [2.75, 3.05) is 0 Å². The Morgan fingerprint density at radius 3 is 1.14 bits per heavy atom. The maximum absolute atomic E-state index is 2.50. The van der Waals surface area contributed by atoms with Crippen LogP contribution < -0.4 is 0 Å².